The fourth-order valence-electron chi connectivity index (χ4n) is 1.39. The first-order valence-corrected chi connectivity index (χ1v) is 4.54. The van der Waals surface area contributed by atoms with Gasteiger partial charge in [-0.3, -0.25) is 0 Å². The Bertz CT molecular complexity index is 312. The molecule has 0 aromatic heterocycles. The molecule has 0 spiro atoms. The predicted molar refractivity (Wildman–Crippen MR) is 53.0 cm³/mol. The smallest absolute Gasteiger partial charge is 0.0995 e. The molecule has 0 aliphatic rings. The summed E-state index contributed by atoms with van der Waals surface area (Å²) in [6.45, 7) is 2.09. The third kappa shape index (κ3) is 2.30. The highest BCUT2D eigenvalue weighted by molar-refractivity contribution is 5.39. The van der Waals surface area contributed by atoms with Crippen LogP contribution in [0, 0.1) is 11.3 Å². The van der Waals surface area contributed by atoms with E-state index in [0.717, 1.165) is 18.4 Å². The van der Waals surface area contributed by atoms with Crippen LogP contribution in [0.5, 0.6) is 0 Å². The van der Waals surface area contributed by atoms with Crippen molar-refractivity contribution in [2.75, 3.05) is 0 Å². The molecule has 0 radical (unpaired) electrons. The number of nitriles is 1. The van der Waals surface area contributed by atoms with Crippen molar-refractivity contribution < 1.29 is 0 Å². The monoisotopic (exact) mass is 174 g/mol. The topological polar surface area (TPSA) is 49.8 Å². The fourth-order valence-corrected chi connectivity index (χ4v) is 1.39. The molecule has 0 aliphatic carbocycles. The third-order valence-electron chi connectivity index (χ3n) is 2.08. The van der Waals surface area contributed by atoms with E-state index in [1.165, 1.54) is 0 Å². The minimum Gasteiger partial charge on any atom is -0.324 e. The Balaban J connectivity index is 2.93. The average molecular weight is 174 g/mol. The molecule has 1 rings (SSSR count). The number of nitrogens with zero attached hydrogens (tertiary/aromatic N) is 1. The van der Waals surface area contributed by atoms with Gasteiger partial charge < -0.3 is 5.73 Å². The lowest BCUT2D eigenvalue weighted by atomic mass is 9.98. The Hall–Kier alpha value is -1.33. The fraction of sp³-hybridized carbons (Fsp3) is 0.364. The van der Waals surface area contributed by atoms with Gasteiger partial charge in [0.1, 0.15) is 0 Å². The van der Waals surface area contributed by atoms with Crippen LogP contribution in [0.15, 0.2) is 24.3 Å². The predicted octanol–water partition coefficient (Wildman–Crippen LogP) is 2.36. The summed E-state index contributed by atoms with van der Waals surface area (Å²) >= 11 is 0. The summed E-state index contributed by atoms with van der Waals surface area (Å²) in [7, 11) is 0. The van der Waals surface area contributed by atoms with E-state index in [2.05, 4.69) is 13.0 Å². The largest absolute Gasteiger partial charge is 0.324 e. The summed E-state index contributed by atoms with van der Waals surface area (Å²) in [6, 6.07) is 9.68. The van der Waals surface area contributed by atoms with Gasteiger partial charge in [0.15, 0.2) is 0 Å². The molecule has 1 atom stereocenters. The molecule has 0 unspecified atom stereocenters. The van der Waals surface area contributed by atoms with E-state index >= 15 is 0 Å². The van der Waals surface area contributed by atoms with E-state index in [1.807, 2.05) is 24.3 Å². The van der Waals surface area contributed by atoms with Gasteiger partial charge >= 0.3 is 0 Å². The normalized spacial score (nSPS) is 12.1. The van der Waals surface area contributed by atoms with E-state index in [1.54, 1.807) is 0 Å². The van der Waals surface area contributed by atoms with Crippen molar-refractivity contribution in [2.45, 2.75) is 25.8 Å². The van der Waals surface area contributed by atoms with Gasteiger partial charge in [0, 0.05) is 6.04 Å². The van der Waals surface area contributed by atoms with E-state index in [0.29, 0.717) is 5.56 Å². The molecule has 1 aromatic carbocycles. The molecule has 0 bridgehead atoms. The van der Waals surface area contributed by atoms with Crippen LogP contribution in [0.25, 0.3) is 0 Å². The van der Waals surface area contributed by atoms with Crippen molar-refractivity contribution in [3.63, 3.8) is 0 Å². The standard InChI is InChI=1S/C11H14N2/c1-2-5-11(13)10-7-4-3-6-9(10)8-12/h3-4,6-7,11H,2,5,13H2,1H3/t11-/m0/s1. The van der Waals surface area contributed by atoms with Crippen LogP contribution in [-0.4, -0.2) is 0 Å². The van der Waals surface area contributed by atoms with Gasteiger partial charge in [0.25, 0.3) is 0 Å². The van der Waals surface area contributed by atoms with Crippen molar-refractivity contribution >= 4 is 0 Å². The molecule has 2 heteroatoms. The van der Waals surface area contributed by atoms with Crippen molar-refractivity contribution in [3.8, 4) is 6.07 Å². The van der Waals surface area contributed by atoms with Crippen LogP contribution < -0.4 is 5.73 Å². The molecule has 0 heterocycles. The van der Waals surface area contributed by atoms with Gasteiger partial charge in [-0.05, 0) is 18.1 Å². The Morgan fingerprint density at radius 3 is 2.77 bits per heavy atom. The van der Waals surface area contributed by atoms with Crippen molar-refractivity contribution in [2.24, 2.45) is 5.73 Å². The lowest BCUT2D eigenvalue weighted by Gasteiger charge is -2.11. The summed E-state index contributed by atoms with van der Waals surface area (Å²) in [4.78, 5) is 0. The summed E-state index contributed by atoms with van der Waals surface area (Å²) < 4.78 is 0. The lowest BCUT2D eigenvalue weighted by Crippen LogP contribution is -2.11. The molecule has 0 saturated carbocycles. The van der Waals surface area contributed by atoms with Gasteiger partial charge in [-0.2, -0.15) is 5.26 Å². The maximum atomic E-state index is 8.83. The summed E-state index contributed by atoms with van der Waals surface area (Å²) in [5, 5.41) is 8.83. The van der Waals surface area contributed by atoms with E-state index in [4.69, 9.17) is 11.0 Å². The highest BCUT2D eigenvalue weighted by atomic mass is 14.6. The number of hydrogen-bond acceptors (Lipinski definition) is 2. The maximum absolute atomic E-state index is 8.83. The van der Waals surface area contributed by atoms with Gasteiger partial charge in [0.2, 0.25) is 0 Å². The number of benzene rings is 1. The van der Waals surface area contributed by atoms with Crippen LogP contribution in [0.2, 0.25) is 0 Å². The molecule has 0 amide bonds. The summed E-state index contributed by atoms with van der Waals surface area (Å²) in [6.07, 6.45) is 1.97. The first-order chi connectivity index (χ1) is 6.29. The van der Waals surface area contributed by atoms with Gasteiger partial charge in [-0.1, -0.05) is 31.5 Å². The SMILES string of the molecule is CCC[C@H](N)c1ccccc1C#N. The molecule has 68 valence electrons. The molecule has 2 N–H and O–H groups in total. The second-order valence-corrected chi connectivity index (χ2v) is 3.09. The molecule has 13 heavy (non-hydrogen) atoms. The van der Waals surface area contributed by atoms with E-state index in [-0.39, 0.29) is 6.04 Å². The molecule has 0 fully saturated rings. The molecule has 0 saturated heterocycles. The van der Waals surface area contributed by atoms with Crippen LogP contribution >= 0.6 is 0 Å². The van der Waals surface area contributed by atoms with E-state index < -0.39 is 0 Å². The first-order valence-electron chi connectivity index (χ1n) is 4.54. The zero-order valence-corrected chi connectivity index (χ0v) is 7.83. The molecular formula is C11H14N2. The Morgan fingerprint density at radius 2 is 2.15 bits per heavy atom. The van der Waals surface area contributed by atoms with Crippen LogP contribution in [0.3, 0.4) is 0 Å². The second kappa shape index (κ2) is 4.64. The minimum atomic E-state index is 0.000787. The zero-order chi connectivity index (χ0) is 9.68. The van der Waals surface area contributed by atoms with Crippen molar-refractivity contribution in [1.29, 1.82) is 5.26 Å². The summed E-state index contributed by atoms with van der Waals surface area (Å²) in [5.74, 6) is 0. The number of rotatable bonds is 3. The molecular weight excluding hydrogens is 160 g/mol. The van der Waals surface area contributed by atoms with Crippen LogP contribution in [0.4, 0.5) is 0 Å². The van der Waals surface area contributed by atoms with Gasteiger partial charge in [0.05, 0.1) is 11.6 Å². The third-order valence-corrected chi connectivity index (χ3v) is 2.08. The summed E-state index contributed by atoms with van der Waals surface area (Å²) in [5.41, 5.74) is 7.59. The average Bonchev–Trinajstić information content (AvgIpc) is 2.18. The quantitative estimate of drug-likeness (QED) is 0.764. The minimum absolute atomic E-state index is 0.000787. The Kier molecular flexibility index (Phi) is 3.48. The second-order valence-electron chi connectivity index (χ2n) is 3.09. The van der Waals surface area contributed by atoms with Crippen molar-refractivity contribution in [1.82, 2.24) is 0 Å². The number of hydrogen-bond donors (Lipinski definition) is 1. The highest BCUT2D eigenvalue weighted by Crippen LogP contribution is 2.18. The number of nitrogens with two attached hydrogens (primary N) is 1. The van der Waals surface area contributed by atoms with Gasteiger partial charge in [-0.25, -0.2) is 0 Å². The molecule has 2 nitrogen and oxygen atoms in total. The van der Waals surface area contributed by atoms with E-state index in [9.17, 15) is 0 Å². The first kappa shape index (κ1) is 9.76. The zero-order valence-electron chi connectivity index (χ0n) is 7.83. The molecule has 0 aliphatic heterocycles. The Morgan fingerprint density at radius 1 is 1.46 bits per heavy atom. The van der Waals surface area contributed by atoms with Crippen LogP contribution in [0.1, 0.15) is 36.9 Å². The molecule has 1 aromatic rings. The highest BCUT2D eigenvalue weighted by Gasteiger charge is 2.08. The Labute approximate surface area is 79.0 Å². The van der Waals surface area contributed by atoms with Crippen molar-refractivity contribution in [3.05, 3.63) is 35.4 Å². The van der Waals surface area contributed by atoms with Gasteiger partial charge in [-0.15, -0.1) is 0 Å². The lowest BCUT2D eigenvalue weighted by molar-refractivity contribution is 0.637. The maximum Gasteiger partial charge on any atom is 0.0995 e. The van der Waals surface area contributed by atoms with Crippen LogP contribution in [-0.2, 0) is 0 Å².